The van der Waals surface area contributed by atoms with Crippen molar-refractivity contribution in [3.05, 3.63) is 36.5 Å². The molecule has 2 unspecified atom stereocenters. The topological polar surface area (TPSA) is 92.9 Å². The van der Waals surface area contributed by atoms with Gasteiger partial charge >= 0.3 is 0 Å². The number of amides is 1. The fourth-order valence-electron chi connectivity index (χ4n) is 2.68. The largest absolute Gasteiger partial charge is 0.396 e. The van der Waals surface area contributed by atoms with Crippen molar-refractivity contribution in [3.8, 4) is 5.82 Å². The van der Waals surface area contributed by atoms with Gasteiger partial charge in [0.2, 0.25) is 0 Å². The van der Waals surface area contributed by atoms with Gasteiger partial charge in [0.25, 0.3) is 5.91 Å². The van der Waals surface area contributed by atoms with Gasteiger partial charge in [-0.25, -0.2) is 14.6 Å². The van der Waals surface area contributed by atoms with Gasteiger partial charge in [0.15, 0.2) is 5.82 Å². The van der Waals surface area contributed by atoms with Crippen molar-refractivity contribution >= 4 is 5.91 Å². The summed E-state index contributed by atoms with van der Waals surface area (Å²) in [5.74, 6) is 0.618. The zero-order valence-electron chi connectivity index (χ0n) is 11.5. The van der Waals surface area contributed by atoms with Crippen LogP contribution in [-0.4, -0.2) is 43.4 Å². The molecule has 0 bridgehead atoms. The van der Waals surface area contributed by atoms with E-state index < -0.39 is 0 Å². The third-order valence-corrected chi connectivity index (χ3v) is 3.87. The lowest BCUT2D eigenvalue weighted by Crippen LogP contribution is -2.38. The molecule has 1 aliphatic carbocycles. The summed E-state index contributed by atoms with van der Waals surface area (Å²) in [6.07, 6.45) is 7.42. The molecule has 2 aromatic rings. The standard InChI is InChI=1S/C14H17N5O2/c20-7-11-2-1-3-12(11)18-14(21)10-4-5-13(16-6-10)19-9-15-8-17-19/h4-6,8-9,11-12,20H,1-3,7H2,(H,18,21). The highest BCUT2D eigenvalue weighted by Crippen LogP contribution is 2.25. The molecule has 21 heavy (non-hydrogen) atoms. The molecule has 0 aliphatic heterocycles. The van der Waals surface area contributed by atoms with Gasteiger partial charge in [-0.3, -0.25) is 4.79 Å². The Bertz CT molecular complexity index is 596. The quantitative estimate of drug-likeness (QED) is 0.856. The van der Waals surface area contributed by atoms with Crippen molar-refractivity contribution in [1.29, 1.82) is 0 Å². The summed E-state index contributed by atoms with van der Waals surface area (Å²) in [7, 11) is 0. The van der Waals surface area contributed by atoms with E-state index >= 15 is 0 Å². The maximum absolute atomic E-state index is 12.2. The Hall–Kier alpha value is -2.28. The van der Waals surface area contributed by atoms with Gasteiger partial charge in [-0.15, -0.1) is 0 Å². The van der Waals surface area contributed by atoms with Crippen LogP contribution in [-0.2, 0) is 0 Å². The molecule has 1 fully saturated rings. The average molecular weight is 287 g/mol. The summed E-state index contributed by atoms with van der Waals surface area (Å²) in [5.41, 5.74) is 0.502. The lowest BCUT2D eigenvalue weighted by Gasteiger charge is -2.18. The van der Waals surface area contributed by atoms with Crippen LogP contribution in [0.2, 0.25) is 0 Å². The van der Waals surface area contributed by atoms with Crippen molar-refractivity contribution < 1.29 is 9.90 Å². The Labute approximate surface area is 122 Å². The van der Waals surface area contributed by atoms with Crippen molar-refractivity contribution in [3.63, 3.8) is 0 Å². The molecule has 0 spiro atoms. The number of rotatable bonds is 4. The lowest BCUT2D eigenvalue weighted by molar-refractivity contribution is 0.0915. The molecule has 2 atom stereocenters. The highest BCUT2D eigenvalue weighted by Gasteiger charge is 2.28. The van der Waals surface area contributed by atoms with E-state index in [0.717, 1.165) is 19.3 Å². The summed E-state index contributed by atoms with van der Waals surface area (Å²) in [6.45, 7) is 0.119. The molecule has 1 amide bonds. The van der Waals surface area contributed by atoms with Gasteiger partial charge in [0, 0.05) is 24.8 Å². The monoisotopic (exact) mass is 287 g/mol. The van der Waals surface area contributed by atoms with Gasteiger partial charge in [-0.1, -0.05) is 6.42 Å². The van der Waals surface area contributed by atoms with Crippen molar-refractivity contribution in [2.75, 3.05) is 6.61 Å². The Morgan fingerprint density at radius 3 is 3.00 bits per heavy atom. The van der Waals surface area contributed by atoms with Crippen LogP contribution in [0.4, 0.5) is 0 Å². The molecule has 2 N–H and O–H groups in total. The van der Waals surface area contributed by atoms with E-state index in [0.29, 0.717) is 11.4 Å². The van der Waals surface area contributed by atoms with Crippen LogP contribution < -0.4 is 5.32 Å². The fourth-order valence-corrected chi connectivity index (χ4v) is 2.68. The highest BCUT2D eigenvalue weighted by molar-refractivity contribution is 5.94. The van der Waals surface area contributed by atoms with Crippen LogP contribution in [0.5, 0.6) is 0 Å². The number of carbonyl (C=O) groups is 1. The molecule has 7 nitrogen and oxygen atoms in total. The highest BCUT2D eigenvalue weighted by atomic mass is 16.3. The first-order valence-corrected chi connectivity index (χ1v) is 7.00. The van der Waals surface area contributed by atoms with E-state index in [1.807, 2.05) is 0 Å². The van der Waals surface area contributed by atoms with Crippen LogP contribution in [0, 0.1) is 5.92 Å². The maximum Gasteiger partial charge on any atom is 0.253 e. The van der Waals surface area contributed by atoms with Gasteiger partial charge in [-0.05, 0) is 25.0 Å². The van der Waals surface area contributed by atoms with Crippen LogP contribution in [0.1, 0.15) is 29.6 Å². The minimum absolute atomic E-state index is 0.0532. The molecule has 0 radical (unpaired) electrons. The second-order valence-corrected chi connectivity index (χ2v) is 5.20. The van der Waals surface area contributed by atoms with E-state index in [2.05, 4.69) is 20.4 Å². The normalized spacial score (nSPS) is 21.4. The maximum atomic E-state index is 12.2. The molecule has 3 rings (SSSR count). The van der Waals surface area contributed by atoms with Crippen LogP contribution in [0.3, 0.4) is 0 Å². The van der Waals surface area contributed by atoms with Crippen LogP contribution in [0.25, 0.3) is 5.82 Å². The molecule has 2 aromatic heterocycles. The molecule has 0 aromatic carbocycles. The van der Waals surface area contributed by atoms with Gasteiger partial charge in [-0.2, -0.15) is 5.10 Å². The van der Waals surface area contributed by atoms with Crippen molar-refractivity contribution in [2.45, 2.75) is 25.3 Å². The predicted molar refractivity (Wildman–Crippen MR) is 74.8 cm³/mol. The predicted octanol–water partition coefficient (Wildman–Crippen LogP) is 0.553. The number of aliphatic hydroxyl groups excluding tert-OH is 1. The van der Waals surface area contributed by atoms with E-state index in [-0.39, 0.29) is 24.5 Å². The number of nitrogens with zero attached hydrogens (tertiary/aromatic N) is 4. The molecular formula is C14H17N5O2. The number of carbonyl (C=O) groups excluding carboxylic acids is 1. The van der Waals surface area contributed by atoms with E-state index in [1.54, 1.807) is 18.5 Å². The van der Waals surface area contributed by atoms with E-state index in [4.69, 9.17) is 0 Å². The average Bonchev–Trinajstić information content (AvgIpc) is 3.18. The Balaban J connectivity index is 1.68. The summed E-state index contributed by atoms with van der Waals surface area (Å²) in [6, 6.07) is 3.49. The van der Waals surface area contributed by atoms with E-state index in [9.17, 15) is 9.90 Å². The number of nitrogens with one attached hydrogen (secondary N) is 1. The molecule has 2 heterocycles. The Morgan fingerprint density at radius 2 is 2.33 bits per heavy atom. The summed E-state index contributed by atoms with van der Waals surface area (Å²) < 4.78 is 1.53. The molecule has 0 saturated heterocycles. The first-order valence-electron chi connectivity index (χ1n) is 7.00. The SMILES string of the molecule is O=C(NC1CCCC1CO)c1ccc(-n2cncn2)nc1. The number of hydrogen-bond donors (Lipinski definition) is 2. The number of aliphatic hydroxyl groups is 1. The number of pyridine rings is 1. The number of aromatic nitrogens is 4. The smallest absolute Gasteiger partial charge is 0.253 e. The molecule has 7 heteroatoms. The van der Waals surface area contributed by atoms with Crippen molar-refractivity contribution in [2.24, 2.45) is 5.92 Å². The van der Waals surface area contributed by atoms with Gasteiger partial charge in [0.1, 0.15) is 12.7 Å². The third-order valence-electron chi connectivity index (χ3n) is 3.87. The second kappa shape index (κ2) is 6.01. The Morgan fingerprint density at radius 1 is 1.43 bits per heavy atom. The summed E-state index contributed by atoms with van der Waals surface area (Å²) >= 11 is 0. The molecule has 110 valence electrons. The first-order chi connectivity index (χ1) is 10.3. The minimum atomic E-state index is -0.155. The third kappa shape index (κ3) is 2.92. The van der Waals surface area contributed by atoms with Gasteiger partial charge < -0.3 is 10.4 Å². The number of hydrogen-bond acceptors (Lipinski definition) is 5. The zero-order chi connectivity index (χ0) is 14.7. The molecular weight excluding hydrogens is 270 g/mol. The van der Waals surface area contributed by atoms with Gasteiger partial charge in [0.05, 0.1) is 5.56 Å². The zero-order valence-corrected chi connectivity index (χ0v) is 11.5. The molecule has 1 saturated carbocycles. The minimum Gasteiger partial charge on any atom is -0.396 e. The summed E-state index contributed by atoms with van der Waals surface area (Å²) in [5, 5.41) is 16.2. The summed E-state index contributed by atoms with van der Waals surface area (Å²) in [4.78, 5) is 20.2. The van der Waals surface area contributed by atoms with Crippen LogP contribution >= 0.6 is 0 Å². The van der Waals surface area contributed by atoms with Crippen LogP contribution in [0.15, 0.2) is 31.0 Å². The first kappa shape index (κ1) is 13.7. The second-order valence-electron chi connectivity index (χ2n) is 5.20. The lowest BCUT2D eigenvalue weighted by atomic mass is 10.0. The Kier molecular flexibility index (Phi) is 3.92. The van der Waals surface area contributed by atoms with Crippen molar-refractivity contribution in [1.82, 2.24) is 25.1 Å². The molecule has 1 aliphatic rings. The fraction of sp³-hybridized carbons (Fsp3) is 0.429. The van der Waals surface area contributed by atoms with E-state index in [1.165, 1.54) is 17.2 Å².